The van der Waals surface area contributed by atoms with Gasteiger partial charge in [0.2, 0.25) is 0 Å². The van der Waals surface area contributed by atoms with Crippen molar-refractivity contribution in [2.45, 2.75) is 46.2 Å². The van der Waals surface area contributed by atoms with E-state index in [4.69, 9.17) is 9.72 Å². The zero-order valence-electron chi connectivity index (χ0n) is 19.5. The van der Waals surface area contributed by atoms with Gasteiger partial charge in [-0.05, 0) is 69.5 Å². The summed E-state index contributed by atoms with van der Waals surface area (Å²) >= 11 is 0. The SMILES string of the molecule is Cc1ccc(OCCCCn2c(C(C)NC(=O)c3ccccc3C)nc3ccccc32)cc1. The standard InChI is InChI=1S/C28H31N3O2/c1-20-14-16-23(17-15-20)33-19-9-8-18-31-26-13-7-6-12-25(26)30-27(31)22(3)29-28(32)24-11-5-4-10-21(24)2/h4-7,10-17,22H,8-9,18-19H2,1-3H3,(H,29,32). The topological polar surface area (TPSA) is 56.1 Å². The third kappa shape index (κ3) is 5.43. The molecular weight excluding hydrogens is 410 g/mol. The van der Waals surface area contributed by atoms with Crippen molar-refractivity contribution in [2.75, 3.05) is 6.61 Å². The number of carbonyl (C=O) groups excluding carboxylic acids is 1. The van der Waals surface area contributed by atoms with Crippen molar-refractivity contribution in [2.24, 2.45) is 0 Å². The number of hydrogen-bond acceptors (Lipinski definition) is 3. The number of aryl methyl sites for hydroxylation is 3. The van der Waals surface area contributed by atoms with Crippen LogP contribution in [0.15, 0.2) is 72.8 Å². The quantitative estimate of drug-likeness (QED) is 0.324. The summed E-state index contributed by atoms with van der Waals surface area (Å²) in [6.07, 6.45) is 1.89. The average molecular weight is 442 g/mol. The molecule has 3 aromatic carbocycles. The van der Waals surface area contributed by atoms with E-state index in [2.05, 4.69) is 35.0 Å². The first-order chi connectivity index (χ1) is 16.0. The minimum atomic E-state index is -0.215. The molecule has 5 nitrogen and oxygen atoms in total. The largest absolute Gasteiger partial charge is 0.494 e. The lowest BCUT2D eigenvalue weighted by Crippen LogP contribution is -2.29. The Morgan fingerprint density at radius 1 is 0.970 bits per heavy atom. The molecule has 1 N–H and O–H groups in total. The summed E-state index contributed by atoms with van der Waals surface area (Å²) in [4.78, 5) is 17.7. The zero-order chi connectivity index (χ0) is 23.2. The minimum absolute atomic E-state index is 0.0781. The summed E-state index contributed by atoms with van der Waals surface area (Å²) in [6.45, 7) is 7.51. The van der Waals surface area contributed by atoms with Crippen LogP contribution in [0.4, 0.5) is 0 Å². The molecule has 1 aromatic heterocycles. The molecule has 33 heavy (non-hydrogen) atoms. The molecular formula is C28H31N3O2. The fourth-order valence-electron chi connectivity index (χ4n) is 4.02. The summed E-state index contributed by atoms with van der Waals surface area (Å²) in [6, 6.07) is 23.7. The summed E-state index contributed by atoms with van der Waals surface area (Å²) in [5.74, 6) is 1.70. The number of aromatic nitrogens is 2. The molecule has 0 saturated carbocycles. The Hall–Kier alpha value is -3.60. The van der Waals surface area contributed by atoms with Gasteiger partial charge in [0.1, 0.15) is 11.6 Å². The van der Waals surface area contributed by atoms with Crippen LogP contribution >= 0.6 is 0 Å². The van der Waals surface area contributed by atoms with Crippen LogP contribution in [0.5, 0.6) is 5.75 Å². The average Bonchev–Trinajstić information content (AvgIpc) is 3.19. The van der Waals surface area contributed by atoms with E-state index >= 15 is 0 Å². The Balaban J connectivity index is 1.43. The van der Waals surface area contributed by atoms with E-state index in [0.29, 0.717) is 12.2 Å². The molecule has 0 bridgehead atoms. The Morgan fingerprint density at radius 3 is 2.48 bits per heavy atom. The van der Waals surface area contributed by atoms with E-state index in [1.54, 1.807) is 0 Å². The molecule has 0 aliphatic heterocycles. The second-order valence-corrected chi connectivity index (χ2v) is 8.49. The zero-order valence-corrected chi connectivity index (χ0v) is 19.5. The molecule has 5 heteroatoms. The first kappa shape index (κ1) is 22.6. The van der Waals surface area contributed by atoms with Gasteiger partial charge < -0.3 is 14.6 Å². The maximum atomic E-state index is 12.9. The van der Waals surface area contributed by atoms with Crippen molar-refractivity contribution in [3.05, 3.63) is 95.3 Å². The van der Waals surface area contributed by atoms with Gasteiger partial charge in [0.25, 0.3) is 5.91 Å². The van der Waals surface area contributed by atoms with Crippen molar-refractivity contribution >= 4 is 16.9 Å². The Morgan fingerprint density at radius 2 is 1.70 bits per heavy atom. The van der Waals surface area contributed by atoms with Gasteiger partial charge in [-0.1, -0.05) is 48.0 Å². The van der Waals surface area contributed by atoms with Crippen LogP contribution in [-0.2, 0) is 6.54 Å². The summed E-state index contributed by atoms with van der Waals surface area (Å²) in [5, 5.41) is 3.14. The fraction of sp³-hybridized carbons (Fsp3) is 0.286. The van der Waals surface area contributed by atoms with E-state index in [1.165, 1.54) is 5.56 Å². The highest BCUT2D eigenvalue weighted by molar-refractivity contribution is 5.95. The van der Waals surface area contributed by atoms with Gasteiger partial charge in [0, 0.05) is 12.1 Å². The number of ether oxygens (including phenoxy) is 1. The predicted octanol–water partition coefficient (Wildman–Crippen LogP) is 6.00. The number of nitrogens with one attached hydrogen (secondary N) is 1. The summed E-state index contributed by atoms with van der Waals surface area (Å²) < 4.78 is 8.10. The van der Waals surface area contributed by atoms with Gasteiger partial charge in [-0.25, -0.2) is 4.98 Å². The summed E-state index contributed by atoms with van der Waals surface area (Å²) in [5.41, 5.74) is 4.92. The number of carbonyl (C=O) groups is 1. The summed E-state index contributed by atoms with van der Waals surface area (Å²) in [7, 11) is 0. The fourth-order valence-corrected chi connectivity index (χ4v) is 4.02. The van der Waals surface area contributed by atoms with Crippen LogP contribution in [0.1, 0.15) is 53.1 Å². The van der Waals surface area contributed by atoms with Gasteiger partial charge in [0.15, 0.2) is 0 Å². The molecule has 1 heterocycles. The van der Waals surface area contributed by atoms with Gasteiger partial charge in [-0.2, -0.15) is 0 Å². The Kier molecular flexibility index (Phi) is 7.08. The van der Waals surface area contributed by atoms with Crippen molar-refractivity contribution in [1.82, 2.24) is 14.9 Å². The van der Waals surface area contributed by atoms with E-state index < -0.39 is 0 Å². The first-order valence-electron chi connectivity index (χ1n) is 11.5. The van der Waals surface area contributed by atoms with Crippen LogP contribution in [0.3, 0.4) is 0 Å². The van der Waals surface area contributed by atoms with Crippen LogP contribution < -0.4 is 10.1 Å². The molecule has 4 rings (SSSR count). The van der Waals surface area contributed by atoms with Crippen LogP contribution in [0.25, 0.3) is 11.0 Å². The number of hydrogen-bond donors (Lipinski definition) is 1. The van der Waals surface area contributed by atoms with Crippen molar-refractivity contribution in [3.63, 3.8) is 0 Å². The molecule has 1 amide bonds. The van der Waals surface area contributed by atoms with E-state index in [1.807, 2.05) is 68.4 Å². The third-order valence-corrected chi connectivity index (χ3v) is 5.87. The number of benzene rings is 3. The Bertz CT molecular complexity index is 1230. The monoisotopic (exact) mass is 441 g/mol. The van der Waals surface area contributed by atoms with Gasteiger partial charge in [0.05, 0.1) is 23.7 Å². The number of unbranched alkanes of at least 4 members (excludes halogenated alkanes) is 1. The van der Waals surface area contributed by atoms with Crippen LogP contribution in [0, 0.1) is 13.8 Å². The lowest BCUT2D eigenvalue weighted by Gasteiger charge is -2.17. The molecule has 0 fully saturated rings. The number of imidazole rings is 1. The highest BCUT2D eigenvalue weighted by Gasteiger charge is 2.19. The van der Waals surface area contributed by atoms with Crippen LogP contribution in [0.2, 0.25) is 0 Å². The number of para-hydroxylation sites is 2. The predicted molar refractivity (Wildman–Crippen MR) is 133 cm³/mol. The minimum Gasteiger partial charge on any atom is -0.494 e. The van der Waals surface area contributed by atoms with Gasteiger partial charge in [-0.15, -0.1) is 0 Å². The van der Waals surface area contributed by atoms with E-state index in [0.717, 1.165) is 47.6 Å². The molecule has 1 unspecified atom stereocenters. The second kappa shape index (κ2) is 10.3. The highest BCUT2D eigenvalue weighted by atomic mass is 16.5. The maximum absolute atomic E-state index is 12.9. The van der Waals surface area contributed by atoms with Crippen LogP contribution in [-0.4, -0.2) is 22.1 Å². The van der Waals surface area contributed by atoms with E-state index in [9.17, 15) is 4.79 Å². The second-order valence-electron chi connectivity index (χ2n) is 8.49. The number of rotatable bonds is 9. The highest BCUT2D eigenvalue weighted by Crippen LogP contribution is 2.22. The maximum Gasteiger partial charge on any atom is 0.252 e. The van der Waals surface area contributed by atoms with Crippen molar-refractivity contribution < 1.29 is 9.53 Å². The lowest BCUT2D eigenvalue weighted by atomic mass is 10.1. The number of nitrogens with zero attached hydrogens (tertiary/aromatic N) is 2. The molecule has 1 atom stereocenters. The molecule has 0 spiro atoms. The van der Waals surface area contributed by atoms with Gasteiger partial charge in [-0.3, -0.25) is 4.79 Å². The number of amides is 1. The first-order valence-corrected chi connectivity index (χ1v) is 11.5. The molecule has 4 aromatic rings. The molecule has 0 aliphatic carbocycles. The molecule has 0 radical (unpaired) electrons. The normalized spacial score (nSPS) is 12.0. The lowest BCUT2D eigenvalue weighted by molar-refractivity contribution is 0.0937. The molecule has 170 valence electrons. The Labute approximate surface area is 195 Å². The molecule has 0 saturated heterocycles. The van der Waals surface area contributed by atoms with Crippen molar-refractivity contribution in [1.29, 1.82) is 0 Å². The van der Waals surface area contributed by atoms with Gasteiger partial charge >= 0.3 is 0 Å². The molecule has 0 aliphatic rings. The number of fused-ring (bicyclic) bond motifs is 1. The van der Waals surface area contributed by atoms with E-state index in [-0.39, 0.29) is 11.9 Å². The third-order valence-electron chi connectivity index (χ3n) is 5.87. The van der Waals surface area contributed by atoms with Crippen molar-refractivity contribution in [3.8, 4) is 5.75 Å². The smallest absolute Gasteiger partial charge is 0.252 e.